The number of aryl methyl sites for hydroxylation is 1. The van der Waals surface area contributed by atoms with E-state index in [1.54, 1.807) is 7.05 Å². The number of hydrogen-bond donors (Lipinski definition) is 1. The first-order valence-electron chi connectivity index (χ1n) is 4.99. The smallest absolute Gasteiger partial charge is 0.330 e. The molecule has 0 bridgehead atoms. The van der Waals surface area contributed by atoms with Gasteiger partial charge in [0.1, 0.15) is 6.20 Å². The molecule has 1 rings (SSSR count). The molecule has 15 heavy (non-hydrogen) atoms. The molecule has 6 nitrogen and oxygen atoms in total. The molecule has 1 N–H and O–H groups in total. The van der Waals surface area contributed by atoms with Crippen LogP contribution in [0.15, 0.2) is 6.20 Å². The van der Waals surface area contributed by atoms with Gasteiger partial charge >= 0.3 is 5.69 Å². The van der Waals surface area contributed by atoms with Crippen molar-refractivity contribution in [1.82, 2.24) is 9.78 Å². The van der Waals surface area contributed by atoms with Crippen LogP contribution in [0.5, 0.6) is 0 Å². The molecule has 0 amide bonds. The van der Waals surface area contributed by atoms with Gasteiger partial charge in [0.05, 0.1) is 4.92 Å². The lowest BCUT2D eigenvalue weighted by Gasteiger charge is -2.10. The minimum absolute atomic E-state index is 0.0282. The number of anilines is 1. The minimum Gasteiger partial charge on any atom is -0.360 e. The zero-order chi connectivity index (χ0) is 11.4. The van der Waals surface area contributed by atoms with E-state index in [4.69, 9.17) is 0 Å². The Hall–Kier alpha value is -1.59. The molecule has 1 unspecified atom stereocenters. The molecule has 0 aliphatic heterocycles. The Bertz CT molecular complexity index is 348. The molecule has 0 saturated carbocycles. The van der Waals surface area contributed by atoms with E-state index in [0.29, 0.717) is 5.82 Å². The van der Waals surface area contributed by atoms with Crippen LogP contribution in [-0.4, -0.2) is 20.7 Å². The number of rotatable bonds is 5. The highest BCUT2D eigenvalue weighted by Gasteiger charge is 2.19. The minimum atomic E-state index is -0.423. The van der Waals surface area contributed by atoms with Gasteiger partial charge in [0.2, 0.25) is 5.82 Å². The topological polar surface area (TPSA) is 73.0 Å². The molecular weight excluding hydrogens is 196 g/mol. The average Bonchev–Trinajstić information content (AvgIpc) is 2.47. The van der Waals surface area contributed by atoms with Crippen LogP contribution in [0.1, 0.15) is 26.7 Å². The first kappa shape index (κ1) is 11.5. The predicted molar refractivity (Wildman–Crippen MR) is 57.9 cm³/mol. The molecule has 0 spiro atoms. The lowest BCUT2D eigenvalue weighted by molar-refractivity contribution is -0.384. The van der Waals surface area contributed by atoms with Crippen LogP contribution in [-0.2, 0) is 7.05 Å². The number of aromatic nitrogens is 2. The van der Waals surface area contributed by atoms with Crippen LogP contribution in [0.2, 0.25) is 0 Å². The first-order valence-corrected chi connectivity index (χ1v) is 4.99. The Labute approximate surface area is 88.4 Å². The first-order chi connectivity index (χ1) is 7.04. The van der Waals surface area contributed by atoms with Gasteiger partial charge < -0.3 is 5.32 Å². The van der Waals surface area contributed by atoms with Crippen LogP contribution < -0.4 is 5.32 Å². The van der Waals surface area contributed by atoms with Crippen molar-refractivity contribution in [2.24, 2.45) is 7.05 Å². The summed E-state index contributed by atoms with van der Waals surface area (Å²) in [4.78, 5) is 10.3. The molecule has 0 aliphatic rings. The fourth-order valence-electron chi connectivity index (χ4n) is 1.45. The van der Waals surface area contributed by atoms with E-state index < -0.39 is 4.92 Å². The summed E-state index contributed by atoms with van der Waals surface area (Å²) in [5, 5.41) is 17.7. The molecule has 84 valence electrons. The Balaban J connectivity index is 2.79. The summed E-state index contributed by atoms with van der Waals surface area (Å²) in [6.07, 6.45) is 3.41. The average molecular weight is 212 g/mol. The zero-order valence-corrected chi connectivity index (χ0v) is 9.23. The van der Waals surface area contributed by atoms with Crippen molar-refractivity contribution in [3.05, 3.63) is 16.3 Å². The molecule has 1 heterocycles. The highest BCUT2D eigenvalue weighted by molar-refractivity contribution is 5.54. The largest absolute Gasteiger partial charge is 0.360 e. The van der Waals surface area contributed by atoms with E-state index >= 15 is 0 Å². The SMILES string of the molecule is CCCC(C)Nc1nn(C)cc1[N+](=O)[O-]. The molecule has 0 aliphatic carbocycles. The van der Waals surface area contributed by atoms with Crippen LogP contribution in [0.4, 0.5) is 11.5 Å². The highest BCUT2D eigenvalue weighted by atomic mass is 16.6. The van der Waals surface area contributed by atoms with Gasteiger partial charge in [-0.25, -0.2) is 0 Å². The third-order valence-corrected chi connectivity index (χ3v) is 2.11. The van der Waals surface area contributed by atoms with Crippen molar-refractivity contribution in [2.45, 2.75) is 32.7 Å². The normalized spacial score (nSPS) is 12.5. The summed E-state index contributed by atoms with van der Waals surface area (Å²) in [5.74, 6) is 0.350. The number of nitrogens with one attached hydrogen (secondary N) is 1. The maximum atomic E-state index is 10.7. The highest BCUT2D eigenvalue weighted by Crippen LogP contribution is 2.22. The Morgan fingerprint density at radius 3 is 2.93 bits per heavy atom. The lowest BCUT2D eigenvalue weighted by atomic mass is 10.2. The van der Waals surface area contributed by atoms with E-state index in [2.05, 4.69) is 17.3 Å². The Kier molecular flexibility index (Phi) is 3.65. The summed E-state index contributed by atoms with van der Waals surface area (Å²) in [6.45, 7) is 4.06. The van der Waals surface area contributed by atoms with Gasteiger partial charge in [-0.05, 0) is 13.3 Å². The number of nitro groups is 1. The van der Waals surface area contributed by atoms with Crippen molar-refractivity contribution < 1.29 is 4.92 Å². The van der Waals surface area contributed by atoms with Crippen molar-refractivity contribution in [1.29, 1.82) is 0 Å². The fourth-order valence-corrected chi connectivity index (χ4v) is 1.45. The monoisotopic (exact) mass is 212 g/mol. The third-order valence-electron chi connectivity index (χ3n) is 2.11. The molecule has 1 aromatic heterocycles. The van der Waals surface area contributed by atoms with E-state index in [-0.39, 0.29) is 11.7 Å². The molecule has 0 fully saturated rings. The molecule has 1 atom stereocenters. The predicted octanol–water partition coefficient (Wildman–Crippen LogP) is 1.93. The molecule has 1 aromatic rings. The maximum absolute atomic E-state index is 10.7. The second-order valence-electron chi connectivity index (χ2n) is 3.63. The van der Waals surface area contributed by atoms with Gasteiger partial charge in [-0.15, -0.1) is 5.10 Å². The molecule has 6 heteroatoms. The van der Waals surface area contributed by atoms with Crippen LogP contribution in [0, 0.1) is 10.1 Å². The Morgan fingerprint density at radius 2 is 2.40 bits per heavy atom. The van der Waals surface area contributed by atoms with Gasteiger partial charge in [0.15, 0.2) is 0 Å². The molecule has 0 aromatic carbocycles. The second-order valence-corrected chi connectivity index (χ2v) is 3.63. The van der Waals surface area contributed by atoms with Gasteiger partial charge in [-0.1, -0.05) is 13.3 Å². The quantitative estimate of drug-likeness (QED) is 0.597. The zero-order valence-electron chi connectivity index (χ0n) is 9.23. The van der Waals surface area contributed by atoms with Gasteiger partial charge in [0, 0.05) is 13.1 Å². The summed E-state index contributed by atoms with van der Waals surface area (Å²) in [6, 6.07) is 0.198. The molecule has 0 saturated heterocycles. The van der Waals surface area contributed by atoms with Crippen molar-refractivity contribution in [2.75, 3.05) is 5.32 Å². The van der Waals surface area contributed by atoms with Crippen LogP contribution in [0.25, 0.3) is 0 Å². The number of hydrogen-bond acceptors (Lipinski definition) is 4. The molecule has 0 radical (unpaired) electrons. The summed E-state index contributed by atoms with van der Waals surface area (Å²) in [7, 11) is 1.67. The van der Waals surface area contributed by atoms with Gasteiger partial charge in [0.25, 0.3) is 0 Å². The standard InChI is InChI=1S/C9H16N4O2/c1-4-5-7(2)10-9-8(13(14)15)6-12(3)11-9/h6-7H,4-5H2,1-3H3,(H,10,11). The van der Waals surface area contributed by atoms with Gasteiger partial charge in [-0.3, -0.25) is 14.8 Å². The molecular formula is C9H16N4O2. The van der Waals surface area contributed by atoms with E-state index in [9.17, 15) is 10.1 Å². The summed E-state index contributed by atoms with van der Waals surface area (Å²) >= 11 is 0. The van der Waals surface area contributed by atoms with E-state index in [1.165, 1.54) is 10.9 Å². The van der Waals surface area contributed by atoms with Crippen molar-refractivity contribution in [3.8, 4) is 0 Å². The maximum Gasteiger partial charge on any atom is 0.330 e. The lowest BCUT2D eigenvalue weighted by Crippen LogP contribution is -2.15. The van der Waals surface area contributed by atoms with E-state index in [1.807, 2.05) is 6.92 Å². The van der Waals surface area contributed by atoms with Crippen LogP contribution in [0.3, 0.4) is 0 Å². The van der Waals surface area contributed by atoms with Crippen molar-refractivity contribution in [3.63, 3.8) is 0 Å². The van der Waals surface area contributed by atoms with E-state index in [0.717, 1.165) is 12.8 Å². The van der Waals surface area contributed by atoms with Gasteiger partial charge in [-0.2, -0.15) is 0 Å². The second kappa shape index (κ2) is 4.77. The van der Waals surface area contributed by atoms with Crippen molar-refractivity contribution >= 4 is 11.5 Å². The summed E-state index contributed by atoms with van der Waals surface area (Å²) in [5.41, 5.74) is 0.0282. The third kappa shape index (κ3) is 2.93. The fraction of sp³-hybridized carbons (Fsp3) is 0.667. The van der Waals surface area contributed by atoms with Crippen LogP contribution >= 0.6 is 0 Å². The summed E-state index contributed by atoms with van der Waals surface area (Å²) < 4.78 is 1.44. The Morgan fingerprint density at radius 1 is 1.73 bits per heavy atom. The number of nitrogens with zero attached hydrogens (tertiary/aromatic N) is 3.